The molecule has 6 heteroatoms. The van der Waals surface area contributed by atoms with Crippen molar-refractivity contribution in [3.05, 3.63) is 40.3 Å². The Kier molecular flexibility index (Phi) is 4.82. The number of sulfonamides is 1. The normalized spacial score (nSPS) is 17.7. The number of nitrogens with zero attached hydrogens (tertiary/aromatic N) is 1. The van der Waals surface area contributed by atoms with E-state index in [1.54, 1.807) is 6.08 Å². The number of fused-ring (bicyclic) bond motifs is 1. The average molecular weight is 334 g/mol. The lowest BCUT2D eigenvalue weighted by Crippen LogP contribution is -2.33. The van der Waals surface area contributed by atoms with Gasteiger partial charge in [-0.2, -0.15) is 0 Å². The SMILES string of the molecule is O=C(CCNS(=O)(=O)C1=Cc2ccccc2CC1)N1CCCC1. The number of allylic oxidation sites excluding steroid dienone is 1. The second kappa shape index (κ2) is 6.84. The minimum atomic E-state index is -3.50. The van der Waals surface area contributed by atoms with E-state index in [0.29, 0.717) is 11.3 Å². The fourth-order valence-electron chi connectivity index (χ4n) is 3.13. The van der Waals surface area contributed by atoms with Crippen molar-refractivity contribution in [3.8, 4) is 0 Å². The Balaban J connectivity index is 1.59. The van der Waals surface area contributed by atoms with Gasteiger partial charge in [0.25, 0.3) is 0 Å². The van der Waals surface area contributed by atoms with Crippen molar-refractivity contribution in [2.24, 2.45) is 0 Å². The number of aryl methyl sites for hydroxylation is 1. The van der Waals surface area contributed by atoms with Crippen LogP contribution in [-0.4, -0.2) is 38.9 Å². The number of hydrogen-bond donors (Lipinski definition) is 1. The zero-order valence-electron chi connectivity index (χ0n) is 13.1. The van der Waals surface area contributed by atoms with Crippen molar-refractivity contribution < 1.29 is 13.2 Å². The third kappa shape index (κ3) is 3.82. The molecule has 1 aromatic rings. The molecule has 1 N–H and O–H groups in total. The highest BCUT2D eigenvalue weighted by molar-refractivity contribution is 7.93. The van der Waals surface area contributed by atoms with Crippen LogP contribution in [0.4, 0.5) is 0 Å². The predicted molar refractivity (Wildman–Crippen MR) is 90.1 cm³/mol. The average Bonchev–Trinajstić information content (AvgIpc) is 3.08. The van der Waals surface area contributed by atoms with Gasteiger partial charge >= 0.3 is 0 Å². The fraction of sp³-hybridized carbons (Fsp3) is 0.471. The zero-order valence-corrected chi connectivity index (χ0v) is 13.9. The number of carbonyl (C=O) groups is 1. The summed E-state index contributed by atoms with van der Waals surface area (Å²) >= 11 is 0. The van der Waals surface area contributed by atoms with E-state index < -0.39 is 10.0 Å². The summed E-state index contributed by atoms with van der Waals surface area (Å²) < 4.78 is 27.4. The van der Waals surface area contributed by atoms with E-state index in [0.717, 1.165) is 37.9 Å². The first-order chi connectivity index (χ1) is 11.1. The molecule has 1 aromatic carbocycles. The summed E-state index contributed by atoms with van der Waals surface area (Å²) in [7, 11) is -3.50. The minimum absolute atomic E-state index is 0.0353. The van der Waals surface area contributed by atoms with Crippen molar-refractivity contribution >= 4 is 22.0 Å². The first-order valence-electron chi connectivity index (χ1n) is 8.12. The number of benzene rings is 1. The van der Waals surface area contributed by atoms with Crippen LogP contribution in [0.25, 0.3) is 6.08 Å². The summed E-state index contributed by atoms with van der Waals surface area (Å²) in [5.74, 6) is 0.0353. The van der Waals surface area contributed by atoms with Gasteiger partial charge in [-0.3, -0.25) is 4.79 Å². The molecule has 0 spiro atoms. The van der Waals surface area contributed by atoms with Crippen LogP contribution in [0.1, 0.15) is 36.8 Å². The molecular weight excluding hydrogens is 312 g/mol. The van der Waals surface area contributed by atoms with Gasteiger partial charge in [-0.15, -0.1) is 0 Å². The quantitative estimate of drug-likeness (QED) is 0.894. The Labute approximate surface area is 137 Å². The third-order valence-corrected chi connectivity index (χ3v) is 6.04. The summed E-state index contributed by atoms with van der Waals surface area (Å²) in [6, 6.07) is 7.83. The largest absolute Gasteiger partial charge is 0.343 e. The highest BCUT2D eigenvalue weighted by Crippen LogP contribution is 2.26. The summed E-state index contributed by atoms with van der Waals surface area (Å²) in [6.45, 7) is 1.76. The topological polar surface area (TPSA) is 66.5 Å². The lowest BCUT2D eigenvalue weighted by molar-refractivity contribution is -0.129. The number of amides is 1. The molecule has 0 aromatic heterocycles. The highest BCUT2D eigenvalue weighted by Gasteiger charge is 2.22. The summed E-state index contributed by atoms with van der Waals surface area (Å²) in [5.41, 5.74) is 2.14. The predicted octanol–water partition coefficient (Wildman–Crippen LogP) is 1.91. The van der Waals surface area contributed by atoms with Crippen LogP contribution in [0.15, 0.2) is 29.2 Å². The van der Waals surface area contributed by atoms with Gasteiger partial charge in [0.15, 0.2) is 0 Å². The van der Waals surface area contributed by atoms with E-state index in [-0.39, 0.29) is 18.9 Å². The lowest BCUT2D eigenvalue weighted by atomic mass is 9.98. The molecule has 124 valence electrons. The number of carbonyl (C=O) groups excluding carboxylic acids is 1. The van der Waals surface area contributed by atoms with Gasteiger partial charge in [0.2, 0.25) is 15.9 Å². The van der Waals surface area contributed by atoms with Gasteiger partial charge in [-0.1, -0.05) is 24.3 Å². The molecule has 0 unspecified atom stereocenters. The molecule has 1 aliphatic carbocycles. The first-order valence-corrected chi connectivity index (χ1v) is 9.60. The summed E-state index contributed by atoms with van der Waals surface area (Å²) in [4.78, 5) is 14.2. The minimum Gasteiger partial charge on any atom is -0.343 e. The van der Waals surface area contributed by atoms with Crippen molar-refractivity contribution in [3.63, 3.8) is 0 Å². The molecule has 3 rings (SSSR count). The molecule has 1 fully saturated rings. The van der Waals surface area contributed by atoms with E-state index in [4.69, 9.17) is 0 Å². The Morgan fingerprint density at radius 1 is 1.13 bits per heavy atom. The molecule has 5 nitrogen and oxygen atoms in total. The number of hydrogen-bond acceptors (Lipinski definition) is 3. The van der Waals surface area contributed by atoms with Crippen LogP contribution in [0.5, 0.6) is 0 Å². The van der Waals surface area contributed by atoms with Crippen LogP contribution in [0.3, 0.4) is 0 Å². The van der Waals surface area contributed by atoms with Crippen LogP contribution in [0, 0.1) is 0 Å². The molecule has 1 amide bonds. The van der Waals surface area contributed by atoms with E-state index in [1.807, 2.05) is 29.2 Å². The number of rotatable bonds is 5. The van der Waals surface area contributed by atoms with Gasteiger partial charge in [-0.25, -0.2) is 13.1 Å². The standard InChI is InChI=1S/C17H22N2O3S/c20-17(19-11-3-4-12-19)9-10-18-23(21,22)16-8-7-14-5-1-2-6-15(14)13-16/h1-2,5-6,13,18H,3-4,7-12H2. The molecule has 1 aliphatic heterocycles. The van der Waals surface area contributed by atoms with Gasteiger partial charge in [0, 0.05) is 26.1 Å². The third-order valence-electron chi connectivity index (χ3n) is 4.45. The van der Waals surface area contributed by atoms with Gasteiger partial charge in [0.05, 0.1) is 4.91 Å². The van der Waals surface area contributed by atoms with Gasteiger partial charge in [0.1, 0.15) is 0 Å². The summed E-state index contributed by atoms with van der Waals surface area (Å²) in [6.07, 6.45) is 5.29. The maximum absolute atomic E-state index is 12.4. The second-order valence-corrected chi connectivity index (χ2v) is 7.87. The Morgan fingerprint density at radius 2 is 1.87 bits per heavy atom. The molecule has 0 bridgehead atoms. The van der Waals surface area contributed by atoms with Crippen LogP contribution in [-0.2, 0) is 21.2 Å². The number of likely N-dealkylation sites (tertiary alicyclic amines) is 1. The van der Waals surface area contributed by atoms with Crippen LogP contribution >= 0.6 is 0 Å². The van der Waals surface area contributed by atoms with E-state index in [1.165, 1.54) is 5.56 Å². The monoisotopic (exact) mass is 334 g/mol. The second-order valence-electron chi connectivity index (χ2n) is 6.05. The molecule has 0 radical (unpaired) electrons. The Bertz CT molecular complexity index is 719. The van der Waals surface area contributed by atoms with Gasteiger partial charge in [-0.05, 0) is 42.9 Å². The molecule has 23 heavy (non-hydrogen) atoms. The molecule has 1 saturated heterocycles. The van der Waals surface area contributed by atoms with Crippen molar-refractivity contribution in [1.82, 2.24) is 9.62 Å². The molecule has 0 atom stereocenters. The highest BCUT2D eigenvalue weighted by atomic mass is 32.2. The molecule has 2 aliphatic rings. The van der Waals surface area contributed by atoms with Crippen LogP contribution in [0.2, 0.25) is 0 Å². The smallest absolute Gasteiger partial charge is 0.236 e. The van der Waals surface area contributed by atoms with Crippen molar-refractivity contribution in [2.75, 3.05) is 19.6 Å². The maximum Gasteiger partial charge on any atom is 0.236 e. The van der Waals surface area contributed by atoms with E-state index in [2.05, 4.69) is 4.72 Å². The van der Waals surface area contributed by atoms with Crippen LogP contribution < -0.4 is 4.72 Å². The Morgan fingerprint density at radius 3 is 2.65 bits per heavy atom. The first kappa shape index (κ1) is 16.2. The maximum atomic E-state index is 12.4. The number of nitrogens with one attached hydrogen (secondary N) is 1. The van der Waals surface area contributed by atoms with Gasteiger partial charge < -0.3 is 4.90 Å². The summed E-state index contributed by atoms with van der Waals surface area (Å²) in [5, 5.41) is 0. The van der Waals surface area contributed by atoms with E-state index >= 15 is 0 Å². The molecule has 0 saturated carbocycles. The molecule has 1 heterocycles. The lowest BCUT2D eigenvalue weighted by Gasteiger charge is -2.18. The van der Waals surface area contributed by atoms with E-state index in [9.17, 15) is 13.2 Å². The Hall–Kier alpha value is -1.66. The van der Waals surface area contributed by atoms with Crippen molar-refractivity contribution in [2.45, 2.75) is 32.1 Å². The molecular formula is C17H22N2O3S. The fourth-order valence-corrected chi connectivity index (χ4v) is 4.34. The zero-order chi connectivity index (χ0) is 16.3. The van der Waals surface area contributed by atoms with Crippen molar-refractivity contribution in [1.29, 1.82) is 0 Å².